The monoisotopic (exact) mass is 295 g/mol. The van der Waals surface area contributed by atoms with E-state index in [1.807, 2.05) is 11.9 Å². The smallest absolute Gasteiger partial charge is 0.248 e. The van der Waals surface area contributed by atoms with Gasteiger partial charge in [-0.3, -0.25) is 9.59 Å². The van der Waals surface area contributed by atoms with Gasteiger partial charge in [0.05, 0.1) is 0 Å². The van der Waals surface area contributed by atoms with Gasteiger partial charge in [0, 0.05) is 20.0 Å². The number of carbonyl (C=O) groups is 2. The Morgan fingerprint density at radius 2 is 1.90 bits per heavy atom. The highest BCUT2D eigenvalue weighted by molar-refractivity contribution is 5.91. The number of nitrogens with one attached hydrogen (secondary N) is 2. The molecule has 1 aliphatic carbocycles. The first kappa shape index (κ1) is 16.3. The molecule has 1 saturated heterocycles. The molecule has 0 aromatic heterocycles. The van der Waals surface area contributed by atoms with Gasteiger partial charge in [0.1, 0.15) is 5.54 Å². The zero-order chi connectivity index (χ0) is 15.3. The molecule has 21 heavy (non-hydrogen) atoms. The molecule has 5 heteroatoms. The van der Waals surface area contributed by atoms with Gasteiger partial charge in [-0.1, -0.05) is 19.3 Å². The van der Waals surface area contributed by atoms with E-state index < -0.39 is 5.54 Å². The van der Waals surface area contributed by atoms with Gasteiger partial charge in [0.25, 0.3) is 0 Å². The van der Waals surface area contributed by atoms with Crippen LogP contribution in [0.2, 0.25) is 0 Å². The van der Waals surface area contributed by atoms with Crippen molar-refractivity contribution < 1.29 is 9.59 Å². The van der Waals surface area contributed by atoms with Crippen LogP contribution >= 0.6 is 0 Å². The average molecular weight is 295 g/mol. The Morgan fingerprint density at radius 3 is 2.52 bits per heavy atom. The van der Waals surface area contributed by atoms with E-state index in [0.717, 1.165) is 58.2 Å². The summed E-state index contributed by atoms with van der Waals surface area (Å²) in [6.45, 7) is 4.13. The van der Waals surface area contributed by atoms with Crippen LogP contribution < -0.4 is 10.6 Å². The Balaban J connectivity index is 2.08. The van der Waals surface area contributed by atoms with Gasteiger partial charge in [-0.05, 0) is 45.2 Å². The molecule has 5 nitrogen and oxygen atoms in total. The van der Waals surface area contributed by atoms with Crippen LogP contribution in [0.15, 0.2) is 0 Å². The first-order valence-corrected chi connectivity index (χ1v) is 8.30. The molecular formula is C16H29N3O2. The summed E-state index contributed by atoms with van der Waals surface area (Å²) in [5.74, 6) is 0.595. The molecule has 2 fully saturated rings. The number of amides is 2. The Labute approximate surface area is 127 Å². The van der Waals surface area contributed by atoms with Crippen molar-refractivity contribution >= 4 is 11.8 Å². The fourth-order valence-corrected chi connectivity index (χ4v) is 3.89. The highest BCUT2D eigenvalue weighted by atomic mass is 16.2. The zero-order valence-electron chi connectivity index (χ0n) is 13.4. The van der Waals surface area contributed by atoms with Gasteiger partial charge in [-0.2, -0.15) is 0 Å². The second kappa shape index (κ2) is 7.25. The minimum atomic E-state index is -0.633. The topological polar surface area (TPSA) is 61.4 Å². The van der Waals surface area contributed by atoms with Crippen molar-refractivity contribution in [2.45, 2.75) is 57.4 Å². The number of likely N-dealkylation sites (tertiary alicyclic amines) is 1. The minimum Gasteiger partial charge on any atom is -0.342 e. The standard InChI is InChI=1S/C16H29N3O2/c1-13(20)18-16(8-4-3-5-9-16)15(21)19-10-6-7-14(12-19)11-17-2/h14,17H,3-12H2,1-2H3,(H,18,20). The molecule has 2 aliphatic rings. The number of piperidine rings is 1. The van der Waals surface area contributed by atoms with E-state index in [4.69, 9.17) is 0 Å². The maximum atomic E-state index is 13.1. The van der Waals surface area contributed by atoms with E-state index in [1.165, 1.54) is 13.3 Å². The van der Waals surface area contributed by atoms with Crippen molar-refractivity contribution in [2.24, 2.45) is 5.92 Å². The van der Waals surface area contributed by atoms with Crippen LogP contribution in [0.25, 0.3) is 0 Å². The quantitative estimate of drug-likeness (QED) is 0.821. The molecule has 2 N–H and O–H groups in total. The molecule has 0 spiro atoms. The maximum Gasteiger partial charge on any atom is 0.248 e. The predicted octanol–water partition coefficient (Wildman–Crippen LogP) is 1.28. The molecular weight excluding hydrogens is 266 g/mol. The van der Waals surface area contributed by atoms with Crippen LogP contribution in [-0.2, 0) is 9.59 Å². The van der Waals surface area contributed by atoms with Crippen LogP contribution in [-0.4, -0.2) is 48.9 Å². The predicted molar refractivity (Wildman–Crippen MR) is 82.9 cm³/mol. The third-order valence-corrected chi connectivity index (χ3v) is 4.83. The molecule has 0 aromatic rings. The van der Waals surface area contributed by atoms with Gasteiger partial charge < -0.3 is 15.5 Å². The number of rotatable bonds is 4. The van der Waals surface area contributed by atoms with Crippen molar-refractivity contribution in [3.05, 3.63) is 0 Å². The first-order chi connectivity index (χ1) is 10.1. The summed E-state index contributed by atoms with van der Waals surface area (Å²) in [4.78, 5) is 26.6. The normalized spacial score (nSPS) is 25.4. The summed E-state index contributed by atoms with van der Waals surface area (Å²) in [6.07, 6.45) is 7.04. The van der Waals surface area contributed by atoms with E-state index in [9.17, 15) is 9.59 Å². The van der Waals surface area contributed by atoms with Crippen LogP contribution in [0.1, 0.15) is 51.9 Å². The Kier molecular flexibility index (Phi) is 5.62. The molecule has 0 radical (unpaired) electrons. The van der Waals surface area contributed by atoms with Crippen molar-refractivity contribution in [1.29, 1.82) is 0 Å². The summed E-state index contributed by atoms with van der Waals surface area (Å²) in [7, 11) is 1.96. The van der Waals surface area contributed by atoms with Crippen molar-refractivity contribution in [3.63, 3.8) is 0 Å². The van der Waals surface area contributed by atoms with E-state index in [0.29, 0.717) is 5.92 Å². The van der Waals surface area contributed by atoms with Crippen LogP contribution in [0, 0.1) is 5.92 Å². The molecule has 1 aliphatic heterocycles. The lowest BCUT2D eigenvalue weighted by molar-refractivity contribution is -0.144. The highest BCUT2D eigenvalue weighted by Gasteiger charge is 2.43. The first-order valence-electron chi connectivity index (χ1n) is 8.30. The van der Waals surface area contributed by atoms with Crippen LogP contribution in [0.3, 0.4) is 0 Å². The van der Waals surface area contributed by atoms with Crippen molar-refractivity contribution in [1.82, 2.24) is 15.5 Å². The van der Waals surface area contributed by atoms with Crippen molar-refractivity contribution in [2.75, 3.05) is 26.7 Å². The third-order valence-electron chi connectivity index (χ3n) is 4.83. The summed E-state index contributed by atoms with van der Waals surface area (Å²) < 4.78 is 0. The molecule has 1 atom stereocenters. The summed E-state index contributed by atoms with van der Waals surface area (Å²) in [5.41, 5.74) is -0.633. The number of hydrogen-bond donors (Lipinski definition) is 2. The van der Waals surface area contributed by atoms with Gasteiger partial charge in [-0.15, -0.1) is 0 Å². The summed E-state index contributed by atoms with van der Waals surface area (Å²) in [6, 6.07) is 0. The van der Waals surface area contributed by atoms with Gasteiger partial charge in [0.2, 0.25) is 11.8 Å². The average Bonchev–Trinajstić information content (AvgIpc) is 2.47. The van der Waals surface area contributed by atoms with E-state index in [1.54, 1.807) is 0 Å². The molecule has 120 valence electrons. The van der Waals surface area contributed by atoms with E-state index in [2.05, 4.69) is 10.6 Å². The van der Waals surface area contributed by atoms with E-state index >= 15 is 0 Å². The summed E-state index contributed by atoms with van der Waals surface area (Å²) in [5, 5.41) is 6.20. The SMILES string of the molecule is CNCC1CCCN(C(=O)C2(NC(C)=O)CCCCC2)C1. The Hall–Kier alpha value is -1.10. The van der Waals surface area contributed by atoms with Gasteiger partial charge >= 0.3 is 0 Å². The molecule has 0 aromatic carbocycles. The second-order valence-electron chi connectivity index (χ2n) is 6.64. The number of carbonyl (C=O) groups excluding carboxylic acids is 2. The van der Waals surface area contributed by atoms with Gasteiger partial charge in [-0.25, -0.2) is 0 Å². The summed E-state index contributed by atoms with van der Waals surface area (Å²) >= 11 is 0. The van der Waals surface area contributed by atoms with Crippen LogP contribution in [0.4, 0.5) is 0 Å². The lowest BCUT2D eigenvalue weighted by Gasteiger charge is -2.42. The molecule has 2 rings (SSSR count). The fraction of sp³-hybridized carbons (Fsp3) is 0.875. The van der Waals surface area contributed by atoms with Gasteiger partial charge in [0.15, 0.2) is 0 Å². The number of hydrogen-bond acceptors (Lipinski definition) is 3. The fourth-order valence-electron chi connectivity index (χ4n) is 3.89. The zero-order valence-corrected chi connectivity index (χ0v) is 13.4. The second-order valence-corrected chi connectivity index (χ2v) is 6.64. The van der Waals surface area contributed by atoms with Crippen molar-refractivity contribution in [3.8, 4) is 0 Å². The Bertz CT molecular complexity index is 376. The lowest BCUT2D eigenvalue weighted by atomic mass is 9.79. The lowest BCUT2D eigenvalue weighted by Crippen LogP contribution is -2.61. The Morgan fingerprint density at radius 1 is 1.19 bits per heavy atom. The largest absolute Gasteiger partial charge is 0.342 e. The molecule has 1 heterocycles. The maximum absolute atomic E-state index is 13.1. The number of nitrogens with zero attached hydrogens (tertiary/aromatic N) is 1. The van der Waals surface area contributed by atoms with Crippen LogP contribution in [0.5, 0.6) is 0 Å². The highest BCUT2D eigenvalue weighted by Crippen LogP contribution is 2.31. The minimum absolute atomic E-state index is 0.0889. The molecule has 0 bridgehead atoms. The molecule has 1 unspecified atom stereocenters. The van der Waals surface area contributed by atoms with E-state index in [-0.39, 0.29) is 11.8 Å². The molecule has 2 amide bonds. The third kappa shape index (κ3) is 3.96. The molecule has 1 saturated carbocycles.